The maximum atomic E-state index is 12.5. The van der Waals surface area contributed by atoms with Gasteiger partial charge in [0, 0.05) is 48.8 Å². The first-order valence-electron chi connectivity index (χ1n) is 9.58. The molecule has 0 spiro atoms. The fraction of sp³-hybridized carbons (Fsp3) is 0.286. The van der Waals surface area contributed by atoms with Crippen LogP contribution >= 0.6 is 0 Å². The molecule has 0 aliphatic carbocycles. The van der Waals surface area contributed by atoms with E-state index in [4.69, 9.17) is 10.2 Å². The first kappa shape index (κ1) is 21.3. The summed E-state index contributed by atoms with van der Waals surface area (Å²) in [5.74, 6) is -2.19. The second-order valence-electron chi connectivity index (χ2n) is 6.82. The van der Waals surface area contributed by atoms with Gasteiger partial charge in [0.25, 0.3) is 11.8 Å². The molecule has 9 nitrogen and oxygen atoms in total. The van der Waals surface area contributed by atoms with Crippen LogP contribution in [0.1, 0.15) is 10.4 Å². The first-order chi connectivity index (χ1) is 14.5. The zero-order valence-electron chi connectivity index (χ0n) is 16.4. The van der Waals surface area contributed by atoms with Gasteiger partial charge in [0.1, 0.15) is 13.2 Å². The van der Waals surface area contributed by atoms with Crippen LogP contribution < -0.4 is 20.4 Å². The Morgan fingerprint density at radius 1 is 1.00 bits per heavy atom. The van der Waals surface area contributed by atoms with Crippen LogP contribution in [-0.4, -0.2) is 67.3 Å². The van der Waals surface area contributed by atoms with E-state index in [0.717, 1.165) is 36.8 Å². The van der Waals surface area contributed by atoms with Crippen molar-refractivity contribution in [3.8, 4) is 0 Å². The van der Waals surface area contributed by atoms with Crippen molar-refractivity contribution in [2.45, 2.75) is 0 Å². The van der Waals surface area contributed by atoms with Crippen molar-refractivity contribution in [1.29, 1.82) is 0 Å². The van der Waals surface area contributed by atoms with E-state index >= 15 is 0 Å². The topological polar surface area (TPSA) is 122 Å². The molecule has 2 amide bonds. The molecule has 1 aliphatic rings. The van der Waals surface area contributed by atoms with E-state index in [0.29, 0.717) is 16.9 Å². The maximum absolute atomic E-state index is 12.5. The highest BCUT2D eigenvalue weighted by Gasteiger charge is 2.18. The highest BCUT2D eigenvalue weighted by Crippen LogP contribution is 2.20. The third kappa shape index (κ3) is 5.34. The van der Waals surface area contributed by atoms with Crippen molar-refractivity contribution < 1.29 is 24.6 Å². The van der Waals surface area contributed by atoms with E-state index in [1.807, 2.05) is 12.1 Å². The number of aliphatic carboxylic acids is 1. The molecule has 1 saturated heterocycles. The molecule has 158 valence electrons. The lowest BCUT2D eigenvalue weighted by Gasteiger charge is -2.29. The molecule has 9 heteroatoms. The summed E-state index contributed by atoms with van der Waals surface area (Å²) in [6.07, 6.45) is 0. The standard InChI is InChI=1S/C21H24N4O5/c26-14-19(27)25(13-20(28)29)18-7-3-16(4-8-18)23-21(30)15-1-5-17(6-2-15)24-11-9-22-10-12-24/h1-8,22,26H,9-14H2,(H,23,30)(H,28,29). The van der Waals surface area contributed by atoms with Crippen LogP contribution in [0.2, 0.25) is 0 Å². The number of carboxylic acids is 1. The summed E-state index contributed by atoms with van der Waals surface area (Å²) < 4.78 is 0. The number of carboxylic acid groups (broad SMARTS) is 1. The average Bonchev–Trinajstić information content (AvgIpc) is 2.78. The minimum absolute atomic E-state index is 0.275. The maximum Gasteiger partial charge on any atom is 0.323 e. The van der Waals surface area contributed by atoms with Gasteiger partial charge in [0.05, 0.1) is 0 Å². The number of hydrogen-bond acceptors (Lipinski definition) is 6. The smallest absolute Gasteiger partial charge is 0.323 e. The van der Waals surface area contributed by atoms with Crippen molar-refractivity contribution in [3.63, 3.8) is 0 Å². The zero-order chi connectivity index (χ0) is 21.5. The summed E-state index contributed by atoms with van der Waals surface area (Å²) in [6, 6.07) is 13.6. The van der Waals surface area contributed by atoms with E-state index in [-0.39, 0.29) is 5.91 Å². The highest BCUT2D eigenvalue weighted by atomic mass is 16.4. The van der Waals surface area contributed by atoms with Crippen molar-refractivity contribution >= 4 is 34.8 Å². The Kier molecular flexibility index (Phi) is 6.99. The van der Waals surface area contributed by atoms with Crippen molar-refractivity contribution in [2.75, 3.05) is 54.4 Å². The fourth-order valence-electron chi connectivity index (χ4n) is 3.22. The van der Waals surface area contributed by atoms with Crippen LogP contribution in [0.25, 0.3) is 0 Å². The predicted octanol–water partition coefficient (Wildman–Crippen LogP) is 0.758. The molecule has 2 aromatic rings. The fourth-order valence-corrected chi connectivity index (χ4v) is 3.22. The number of aliphatic hydroxyl groups excluding tert-OH is 1. The molecule has 0 atom stereocenters. The minimum atomic E-state index is -1.20. The quantitative estimate of drug-likeness (QED) is 0.530. The predicted molar refractivity (Wildman–Crippen MR) is 113 cm³/mol. The molecule has 4 N–H and O–H groups in total. The Hall–Kier alpha value is -3.43. The molecule has 0 bridgehead atoms. The molecule has 1 heterocycles. The lowest BCUT2D eigenvalue weighted by Crippen LogP contribution is -2.43. The number of nitrogens with one attached hydrogen (secondary N) is 2. The summed E-state index contributed by atoms with van der Waals surface area (Å²) in [5.41, 5.74) is 2.40. The second kappa shape index (κ2) is 9.86. The number of benzene rings is 2. The van der Waals surface area contributed by atoms with Gasteiger partial charge in [-0.05, 0) is 48.5 Å². The Balaban J connectivity index is 1.65. The minimum Gasteiger partial charge on any atom is -0.480 e. The van der Waals surface area contributed by atoms with Gasteiger partial charge in [-0.1, -0.05) is 0 Å². The number of piperazine rings is 1. The number of nitrogens with zero attached hydrogens (tertiary/aromatic N) is 2. The molecule has 0 aromatic heterocycles. The van der Waals surface area contributed by atoms with Crippen LogP contribution in [0.4, 0.5) is 17.1 Å². The number of hydrogen-bond donors (Lipinski definition) is 4. The van der Waals surface area contributed by atoms with Gasteiger partial charge >= 0.3 is 5.97 Å². The summed E-state index contributed by atoms with van der Waals surface area (Å²) in [7, 11) is 0. The largest absolute Gasteiger partial charge is 0.480 e. The first-order valence-corrected chi connectivity index (χ1v) is 9.58. The van der Waals surface area contributed by atoms with Crippen LogP contribution in [0.5, 0.6) is 0 Å². The van der Waals surface area contributed by atoms with Gasteiger partial charge < -0.3 is 25.7 Å². The Morgan fingerprint density at radius 2 is 1.63 bits per heavy atom. The van der Waals surface area contributed by atoms with Gasteiger partial charge in [-0.25, -0.2) is 0 Å². The number of aliphatic hydroxyl groups is 1. The van der Waals surface area contributed by atoms with Gasteiger partial charge in [-0.15, -0.1) is 0 Å². The summed E-state index contributed by atoms with van der Waals surface area (Å²) in [4.78, 5) is 38.5. The lowest BCUT2D eigenvalue weighted by molar-refractivity contribution is -0.137. The number of rotatable bonds is 7. The van der Waals surface area contributed by atoms with E-state index in [1.54, 1.807) is 24.3 Å². The number of anilines is 3. The Morgan fingerprint density at radius 3 is 2.20 bits per heavy atom. The molecule has 2 aromatic carbocycles. The third-order valence-corrected chi connectivity index (χ3v) is 4.78. The molecule has 1 aliphatic heterocycles. The summed E-state index contributed by atoms with van der Waals surface area (Å²) in [5, 5.41) is 24.1. The normalized spacial score (nSPS) is 13.6. The monoisotopic (exact) mass is 412 g/mol. The van der Waals surface area contributed by atoms with Crippen LogP contribution in [0.3, 0.4) is 0 Å². The van der Waals surface area contributed by atoms with Gasteiger partial charge in [-0.2, -0.15) is 0 Å². The molecule has 0 saturated carbocycles. The molecule has 30 heavy (non-hydrogen) atoms. The highest BCUT2D eigenvalue weighted by molar-refractivity contribution is 6.04. The number of amides is 2. The number of carbonyl (C=O) groups excluding carboxylic acids is 2. The molecule has 3 rings (SSSR count). The molecule has 1 fully saturated rings. The molecule has 0 radical (unpaired) electrons. The SMILES string of the molecule is O=C(O)CN(C(=O)CO)c1ccc(NC(=O)c2ccc(N3CCNCC3)cc2)cc1. The van der Waals surface area contributed by atoms with E-state index < -0.39 is 25.0 Å². The summed E-state index contributed by atoms with van der Waals surface area (Å²) >= 11 is 0. The van der Waals surface area contributed by atoms with Gasteiger partial charge in [0.2, 0.25) is 0 Å². The van der Waals surface area contributed by atoms with Crippen molar-refractivity contribution in [3.05, 3.63) is 54.1 Å². The average molecular weight is 412 g/mol. The van der Waals surface area contributed by atoms with Crippen LogP contribution in [0.15, 0.2) is 48.5 Å². The Labute approximate surface area is 173 Å². The number of carbonyl (C=O) groups is 3. The third-order valence-electron chi connectivity index (χ3n) is 4.78. The van der Waals surface area contributed by atoms with E-state index in [9.17, 15) is 14.4 Å². The molecule has 0 unspecified atom stereocenters. The second-order valence-corrected chi connectivity index (χ2v) is 6.82. The van der Waals surface area contributed by atoms with Gasteiger partial charge in [0.15, 0.2) is 0 Å². The lowest BCUT2D eigenvalue weighted by atomic mass is 10.1. The van der Waals surface area contributed by atoms with Crippen LogP contribution in [-0.2, 0) is 9.59 Å². The molecular weight excluding hydrogens is 388 g/mol. The van der Waals surface area contributed by atoms with Crippen molar-refractivity contribution in [1.82, 2.24) is 5.32 Å². The van der Waals surface area contributed by atoms with Crippen molar-refractivity contribution in [2.24, 2.45) is 0 Å². The Bertz CT molecular complexity index is 893. The van der Waals surface area contributed by atoms with E-state index in [2.05, 4.69) is 15.5 Å². The molecular formula is C21H24N4O5. The summed E-state index contributed by atoms with van der Waals surface area (Å²) in [6.45, 7) is 2.36. The zero-order valence-corrected chi connectivity index (χ0v) is 16.4. The van der Waals surface area contributed by atoms with Gasteiger partial charge in [-0.3, -0.25) is 19.3 Å². The van der Waals surface area contributed by atoms with Crippen LogP contribution in [0, 0.1) is 0 Å². The van der Waals surface area contributed by atoms with E-state index in [1.165, 1.54) is 12.1 Å².